The fraction of sp³-hybridized carbons (Fsp3) is 0.448. The number of Topliss-reactive ketones (excluding diaryl/α,β-unsaturated/α-hetero) is 1. The number of nitrogens with zero attached hydrogens (tertiary/aromatic N) is 4. The molecule has 3 fully saturated rings. The molecule has 0 radical (unpaired) electrons. The van der Waals surface area contributed by atoms with Crippen molar-refractivity contribution in [1.82, 2.24) is 25.2 Å². The number of anilines is 1. The quantitative estimate of drug-likeness (QED) is 0.452. The number of carbonyl (C=O) groups is 4. The Hall–Kier alpha value is -4.35. The standard InChI is InChI=1S/C29H31FN6O5/c1-17(37)29-8-5-28(6-9-29,7-10-29)16-32-27(40)22-12-20(34-25-19(30)14-33-36(22)25)26(39)31-13-18-3-4-23-21(11-18)35(2)24(38)15-41-23/h3-4,11-12,14H,5-10,13,15-16H2,1-2H3,(H,31,39)(H,32,40). The van der Waals surface area contributed by atoms with Crippen LogP contribution < -0.4 is 20.3 Å². The highest BCUT2D eigenvalue weighted by molar-refractivity contribution is 5.99. The third-order valence-corrected chi connectivity index (χ3v) is 9.23. The zero-order valence-corrected chi connectivity index (χ0v) is 23.0. The molecule has 12 heteroatoms. The van der Waals surface area contributed by atoms with Gasteiger partial charge >= 0.3 is 0 Å². The van der Waals surface area contributed by atoms with Crippen LogP contribution in [-0.4, -0.2) is 58.3 Å². The predicted octanol–water partition coefficient (Wildman–Crippen LogP) is 2.81. The summed E-state index contributed by atoms with van der Waals surface area (Å²) < 4.78 is 21.1. The first-order chi connectivity index (χ1) is 19.6. The fourth-order valence-electron chi connectivity index (χ4n) is 6.33. The number of aromatic nitrogens is 3. The Kier molecular flexibility index (Phi) is 6.50. The summed E-state index contributed by atoms with van der Waals surface area (Å²) in [5, 5.41) is 9.69. The van der Waals surface area contributed by atoms with Crippen LogP contribution in [0.3, 0.4) is 0 Å². The summed E-state index contributed by atoms with van der Waals surface area (Å²) in [7, 11) is 1.65. The first kappa shape index (κ1) is 26.9. The summed E-state index contributed by atoms with van der Waals surface area (Å²) in [6.45, 7) is 2.17. The Balaban J connectivity index is 1.17. The maximum Gasteiger partial charge on any atom is 0.270 e. The Morgan fingerprint density at radius 1 is 1.05 bits per heavy atom. The first-order valence-corrected chi connectivity index (χ1v) is 13.7. The highest BCUT2D eigenvalue weighted by Crippen LogP contribution is 2.56. The van der Waals surface area contributed by atoms with Gasteiger partial charge in [0.05, 0.1) is 11.9 Å². The molecule has 0 atom stereocenters. The number of rotatable bonds is 7. The van der Waals surface area contributed by atoms with Gasteiger partial charge in [0.2, 0.25) is 0 Å². The minimum absolute atomic E-state index is 0.00350. The third kappa shape index (κ3) is 4.70. The molecule has 7 rings (SSSR count). The van der Waals surface area contributed by atoms with Crippen LogP contribution in [0, 0.1) is 16.6 Å². The lowest BCUT2D eigenvalue weighted by Gasteiger charge is -2.52. The van der Waals surface area contributed by atoms with Crippen molar-refractivity contribution in [2.75, 3.05) is 25.1 Å². The topological polar surface area (TPSA) is 135 Å². The zero-order valence-electron chi connectivity index (χ0n) is 23.0. The average Bonchev–Trinajstić information content (AvgIpc) is 3.37. The normalized spacial score (nSPS) is 23.2. The second kappa shape index (κ2) is 9.93. The molecule has 1 aromatic carbocycles. The summed E-state index contributed by atoms with van der Waals surface area (Å²) in [5.41, 5.74) is 0.658. The number of carbonyl (C=O) groups excluding carboxylic acids is 4. The van der Waals surface area contributed by atoms with E-state index in [1.807, 2.05) is 0 Å². The van der Waals surface area contributed by atoms with Crippen LogP contribution in [0.4, 0.5) is 10.1 Å². The molecule has 2 bridgehead atoms. The molecule has 2 N–H and O–H groups in total. The molecule has 41 heavy (non-hydrogen) atoms. The van der Waals surface area contributed by atoms with Crippen LogP contribution in [-0.2, 0) is 16.1 Å². The monoisotopic (exact) mass is 562 g/mol. The van der Waals surface area contributed by atoms with Gasteiger partial charge in [0, 0.05) is 31.6 Å². The van der Waals surface area contributed by atoms with Gasteiger partial charge in [-0.3, -0.25) is 19.2 Å². The van der Waals surface area contributed by atoms with E-state index < -0.39 is 17.6 Å². The van der Waals surface area contributed by atoms with Crippen molar-refractivity contribution < 1.29 is 28.3 Å². The molecule has 0 saturated heterocycles. The summed E-state index contributed by atoms with van der Waals surface area (Å²) in [6, 6.07) is 6.55. The van der Waals surface area contributed by atoms with Crippen molar-refractivity contribution in [2.24, 2.45) is 10.8 Å². The summed E-state index contributed by atoms with van der Waals surface area (Å²) in [5.74, 6) is -1.20. The van der Waals surface area contributed by atoms with E-state index in [1.54, 1.807) is 32.2 Å². The SMILES string of the molecule is CC(=O)C12CCC(CNC(=O)c3cc(C(=O)NCc4ccc5c(c4)N(C)C(=O)CO5)nc4c(F)cnn34)(CC1)CC2. The Morgan fingerprint density at radius 2 is 1.78 bits per heavy atom. The van der Waals surface area contributed by atoms with Crippen molar-refractivity contribution in [3.63, 3.8) is 0 Å². The largest absolute Gasteiger partial charge is 0.482 e. The number of nitrogens with one attached hydrogen (secondary N) is 2. The van der Waals surface area contributed by atoms with E-state index in [-0.39, 0.29) is 52.7 Å². The predicted molar refractivity (Wildman–Crippen MR) is 145 cm³/mol. The van der Waals surface area contributed by atoms with Gasteiger partial charge in [-0.15, -0.1) is 0 Å². The molecule has 4 aliphatic rings. The Bertz CT molecular complexity index is 1580. The number of likely N-dealkylation sites (N-methyl/N-ethyl adjacent to an activating group) is 1. The number of benzene rings is 1. The zero-order chi connectivity index (χ0) is 28.9. The second-order valence-electron chi connectivity index (χ2n) is 11.5. The summed E-state index contributed by atoms with van der Waals surface area (Å²) in [4.78, 5) is 56.2. The van der Waals surface area contributed by atoms with E-state index in [9.17, 15) is 23.6 Å². The third-order valence-electron chi connectivity index (χ3n) is 9.23. The van der Waals surface area contributed by atoms with Crippen molar-refractivity contribution in [3.8, 4) is 5.75 Å². The smallest absolute Gasteiger partial charge is 0.270 e. The van der Waals surface area contributed by atoms with Gasteiger partial charge in [0.15, 0.2) is 18.1 Å². The molecule has 1 aliphatic heterocycles. The lowest BCUT2D eigenvalue weighted by Crippen LogP contribution is -2.49. The molecule has 3 amide bonds. The number of amides is 3. The fourth-order valence-corrected chi connectivity index (χ4v) is 6.33. The van der Waals surface area contributed by atoms with Gasteiger partial charge in [-0.2, -0.15) is 5.10 Å². The van der Waals surface area contributed by atoms with Crippen LogP contribution in [0.1, 0.15) is 72.0 Å². The van der Waals surface area contributed by atoms with Gasteiger partial charge in [-0.1, -0.05) is 6.07 Å². The molecular formula is C29H31FN6O5. The van der Waals surface area contributed by atoms with Gasteiger partial charge < -0.3 is 20.3 Å². The van der Waals surface area contributed by atoms with Crippen LogP contribution in [0.25, 0.3) is 5.65 Å². The lowest BCUT2D eigenvalue weighted by molar-refractivity contribution is -0.135. The average molecular weight is 563 g/mol. The highest BCUT2D eigenvalue weighted by Gasteiger charge is 2.50. The number of halogens is 1. The molecule has 0 unspecified atom stereocenters. The van der Waals surface area contributed by atoms with Gasteiger partial charge in [0.25, 0.3) is 17.7 Å². The minimum Gasteiger partial charge on any atom is -0.482 e. The van der Waals surface area contributed by atoms with Gasteiger partial charge in [-0.25, -0.2) is 13.9 Å². The summed E-state index contributed by atoms with van der Waals surface area (Å²) >= 11 is 0. The molecule has 3 saturated carbocycles. The van der Waals surface area contributed by atoms with Crippen LogP contribution in [0.15, 0.2) is 30.5 Å². The molecular weight excluding hydrogens is 531 g/mol. The van der Waals surface area contributed by atoms with E-state index >= 15 is 0 Å². The number of hydrogen-bond donors (Lipinski definition) is 2. The molecule has 3 heterocycles. The number of hydrogen-bond acceptors (Lipinski definition) is 7. The van der Waals surface area contributed by atoms with Crippen molar-refractivity contribution >= 4 is 34.8 Å². The van der Waals surface area contributed by atoms with Crippen molar-refractivity contribution in [3.05, 3.63) is 53.2 Å². The number of fused-ring (bicyclic) bond motifs is 5. The minimum atomic E-state index is -0.755. The maximum absolute atomic E-state index is 14.5. The molecule has 0 spiro atoms. The van der Waals surface area contributed by atoms with Crippen molar-refractivity contribution in [2.45, 2.75) is 52.0 Å². The molecule has 11 nitrogen and oxygen atoms in total. The summed E-state index contributed by atoms with van der Waals surface area (Å²) in [6.07, 6.45) is 6.03. The van der Waals surface area contributed by atoms with E-state index in [2.05, 4.69) is 20.7 Å². The maximum atomic E-state index is 14.5. The molecule has 2 aromatic heterocycles. The Labute approximate surface area is 235 Å². The van der Waals surface area contributed by atoms with Gasteiger partial charge in [-0.05, 0) is 68.6 Å². The van der Waals surface area contributed by atoms with Crippen LogP contribution >= 0.6 is 0 Å². The van der Waals surface area contributed by atoms with Crippen LogP contribution in [0.5, 0.6) is 5.75 Å². The van der Waals surface area contributed by atoms with E-state index in [0.717, 1.165) is 49.2 Å². The highest BCUT2D eigenvalue weighted by atomic mass is 19.1. The number of ether oxygens (including phenoxy) is 1. The molecule has 3 aliphatic carbocycles. The Morgan fingerprint density at radius 3 is 2.49 bits per heavy atom. The molecule has 214 valence electrons. The van der Waals surface area contributed by atoms with Gasteiger partial charge in [0.1, 0.15) is 22.9 Å². The molecule has 3 aromatic rings. The van der Waals surface area contributed by atoms with E-state index in [1.165, 1.54) is 11.0 Å². The first-order valence-electron chi connectivity index (χ1n) is 13.7. The van der Waals surface area contributed by atoms with Crippen molar-refractivity contribution in [1.29, 1.82) is 0 Å². The lowest BCUT2D eigenvalue weighted by atomic mass is 9.52. The second-order valence-corrected chi connectivity index (χ2v) is 11.5. The van der Waals surface area contributed by atoms with E-state index in [4.69, 9.17) is 4.74 Å². The van der Waals surface area contributed by atoms with Crippen LogP contribution in [0.2, 0.25) is 0 Å². The van der Waals surface area contributed by atoms with E-state index in [0.29, 0.717) is 23.5 Å². The number of ketones is 1.